The largest absolute Gasteiger partial charge is 0.483 e. The molecule has 0 bridgehead atoms. The highest BCUT2D eigenvalue weighted by atomic mass is 16.5. The Hall–Kier alpha value is -2.69. The molecule has 2 aromatic rings. The molecule has 0 radical (unpaired) electrons. The molecule has 1 heterocycles. The molecule has 0 aliphatic carbocycles. The molecular weight excluding hydrogens is 362 g/mol. The van der Waals surface area contributed by atoms with Crippen LogP contribution in [0.4, 0.5) is 11.4 Å². The molecule has 0 unspecified atom stereocenters. The molecule has 1 saturated heterocycles. The fourth-order valence-corrected chi connectivity index (χ4v) is 4.01. The number of nitrogens with two attached hydrogens (primary N) is 1. The Labute approximate surface area is 174 Å². The number of carbonyl (C=O) groups is 1. The minimum absolute atomic E-state index is 0.0303. The normalized spacial score (nSPS) is 14.7. The number of piperidine rings is 1. The van der Waals surface area contributed by atoms with Gasteiger partial charge in [-0.1, -0.05) is 25.1 Å². The van der Waals surface area contributed by atoms with Crippen LogP contribution in [0.25, 0.3) is 0 Å². The molecule has 3 N–H and O–H groups in total. The smallest absolute Gasteiger partial charge is 0.258 e. The van der Waals surface area contributed by atoms with Crippen molar-refractivity contribution in [2.45, 2.75) is 53.0 Å². The van der Waals surface area contributed by atoms with Crippen molar-refractivity contribution in [2.24, 2.45) is 0 Å². The molecule has 0 saturated carbocycles. The molecule has 156 valence electrons. The number of amides is 1. The van der Waals surface area contributed by atoms with Crippen molar-refractivity contribution >= 4 is 17.3 Å². The second-order valence-electron chi connectivity index (χ2n) is 7.96. The molecule has 2 aromatic carbocycles. The van der Waals surface area contributed by atoms with Crippen LogP contribution in [-0.2, 0) is 11.2 Å². The summed E-state index contributed by atoms with van der Waals surface area (Å²) in [6, 6.07) is 10.7. The van der Waals surface area contributed by atoms with Crippen LogP contribution in [0.2, 0.25) is 0 Å². The zero-order valence-corrected chi connectivity index (χ0v) is 18.0. The van der Waals surface area contributed by atoms with Gasteiger partial charge >= 0.3 is 0 Å². The van der Waals surface area contributed by atoms with E-state index in [0.717, 1.165) is 60.5 Å². The first-order chi connectivity index (χ1) is 13.9. The van der Waals surface area contributed by atoms with Crippen molar-refractivity contribution in [1.82, 2.24) is 5.32 Å². The maximum Gasteiger partial charge on any atom is 0.258 e. The van der Waals surface area contributed by atoms with Crippen LogP contribution in [0.3, 0.4) is 0 Å². The quantitative estimate of drug-likeness (QED) is 0.728. The van der Waals surface area contributed by atoms with Crippen LogP contribution < -0.4 is 20.7 Å². The zero-order valence-electron chi connectivity index (χ0n) is 18.0. The second-order valence-corrected chi connectivity index (χ2v) is 7.96. The highest BCUT2D eigenvalue weighted by Gasteiger charge is 2.22. The Bertz CT molecular complexity index is 871. The van der Waals surface area contributed by atoms with Gasteiger partial charge in [-0.15, -0.1) is 0 Å². The van der Waals surface area contributed by atoms with E-state index in [9.17, 15) is 4.79 Å². The molecule has 29 heavy (non-hydrogen) atoms. The van der Waals surface area contributed by atoms with Crippen molar-refractivity contribution in [3.63, 3.8) is 0 Å². The second kappa shape index (κ2) is 9.21. The maximum atomic E-state index is 12.4. The van der Waals surface area contributed by atoms with Gasteiger partial charge < -0.3 is 20.7 Å². The molecule has 0 spiro atoms. The summed E-state index contributed by atoms with van der Waals surface area (Å²) >= 11 is 0. The van der Waals surface area contributed by atoms with Gasteiger partial charge in [0.1, 0.15) is 5.75 Å². The van der Waals surface area contributed by atoms with Gasteiger partial charge in [0, 0.05) is 30.5 Å². The van der Waals surface area contributed by atoms with Gasteiger partial charge in [-0.2, -0.15) is 0 Å². The molecule has 1 aliphatic rings. The minimum atomic E-state index is -0.0658. The highest BCUT2D eigenvalue weighted by molar-refractivity contribution is 5.78. The number of nitrogens with zero attached hydrogens (tertiary/aromatic N) is 1. The number of para-hydroxylation sites is 1. The number of hydrogen-bond acceptors (Lipinski definition) is 4. The summed E-state index contributed by atoms with van der Waals surface area (Å²) in [6.07, 6.45) is 2.93. The minimum Gasteiger partial charge on any atom is -0.483 e. The predicted molar refractivity (Wildman–Crippen MR) is 120 cm³/mol. The Morgan fingerprint density at radius 2 is 1.86 bits per heavy atom. The lowest BCUT2D eigenvalue weighted by Crippen LogP contribution is -2.46. The first-order valence-electron chi connectivity index (χ1n) is 10.5. The van der Waals surface area contributed by atoms with Crippen molar-refractivity contribution in [3.8, 4) is 5.75 Å². The third-order valence-electron chi connectivity index (χ3n) is 6.04. The number of carbonyl (C=O) groups excluding carboxylic acids is 1. The van der Waals surface area contributed by atoms with Gasteiger partial charge in [-0.3, -0.25) is 4.79 Å². The highest BCUT2D eigenvalue weighted by Crippen LogP contribution is 2.29. The lowest BCUT2D eigenvalue weighted by atomic mass is 10.0. The van der Waals surface area contributed by atoms with Gasteiger partial charge in [0.05, 0.1) is 0 Å². The average Bonchev–Trinajstić information content (AvgIpc) is 2.74. The van der Waals surface area contributed by atoms with Gasteiger partial charge in [0.2, 0.25) is 0 Å². The fraction of sp³-hybridized carbons (Fsp3) is 0.458. The maximum absolute atomic E-state index is 12.4. The van der Waals surface area contributed by atoms with E-state index in [1.807, 2.05) is 26.8 Å². The van der Waals surface area contributed by atoms with Gasteiger partial charge in [-0.25, -0.2) is 0 Å². The number of hydrogen-bond donors (Lipinski definition) is 2. The first-order valence-corrected chi connectivity index (χ1v) is 10.5. The number of aryl methyl sites for hydroxylation is 2. The van der Waals surface area contributed by atoms with Crippen LogP contribution in [0.5, 0.6) is 5.75 Å². The van der Waals surface area contributed by atoms with E-state index in [4.69, 9.17) is 10.5 Å². The average molecular weight is 396 g/mol. The lowest BCUT2D eigenvalue weighted by Gasteiger charge is -2.35. The molecule has 1 aliphatic heterocycles. The van der Waals surface area contributed by atoms with Crippen molar-refractivity contribution in [1.29, 1.82) is 0 Å². The van der Waals surface area contributed by atoms with Crippen LogP contribution in [0.1, 0.15) is 42.0 Å². The van der Waals surface area contributed by atoms with E-state index in [2.05, 4.69) is 41.4 Å². The van der Waals surface area contributed by atoms with Crippen molar-refractivity contribution in [3.05, 3.63) is 52.6 Å². The van der Waals surface area contributed by atoms with Gasteiger partial charge in [0.25, 0.3) is 5.91 Å². The van der Waals surface area contributed by atoms with E-state index in [1.54, 1.807) is 0 Å². The number of nitrogen functional groups attached to an aromatic ring is 1. The standard InChI is InChI=1S/C24H33N3O2/c1-5-19-8-6-7-9-21(19)27-12-10-20(11-13-27)26-23(28)15-29-22-14-16(2)24(25)18(4)17(22)3/h6-9,14,20H,5,10-13,15,25H2,1-4H3,(H,26,28). The van der Waals surface area contributed by atoms with Crippen molar-refractivity contribution < 1.29 is 9.53 Å². The number of ether oxygens (including phenoxy) is 1. The number of benzene rings is 2. The molecule has 1 fully saturated rings. The summed E-state index contributed by atoms with van der Waals surface area (Å²) in [7, 11) is 0. The zero-order chi connectivity index (χ0) is 21.0. The monoisotopic (exact) mass is 395 g/mol. The van der Waals surface area contributed by atoms with E-state index >= 15 is 0 Å². The molecule has 5 heteroatoms. The Kier molecular flexibility index (Phi) is 6.68. The topological polar surface area (TPSA) is 67.6 Å². The Morgan fingerprint density at radius 1 is 1.17 bits per heavy atom. The molecule has 3 rings (SSSR count). The van der Waals surface area contributed by atoms with Gasteiger partial charge in [0.15, 0.2) is 6.61 Å². The van der Waals surface area contributed by atoms with Crippen LogP contribution >= 0.6 is 0 Å². The molecule has 0 atom stereocenters. The van der Waals surface area contributed by atoms with Crippen LogP contribution in [-0.4, -0.2) is 31.6 Å². The third-order valence-corrected chi connectivity index (χ3v) is 6.04. The summed E-state index contributed by atoms with van der Waals surface area (Å²) in [5.74, 6) is 0.666. The number of nitrogens with one attached hydrogen (secondary N) is 1. The van der Waals surface area contributed by atoms with Gasteiger partial charge in [-0.05, 0) is 74.4 Å². The van der Waals surface area contributed by atoms with Crippen LogP contribution in [0, 0.1) is 20.8 Å². The number of anilines is 2. The summed E-state index contributed by atoms with van der Waals surface area (Å²) < 4.78 is 5.80. The Morgan fingerprint density at radius 3 is 2.55 bits per heavy atom. The first kappa shape index (κ1) is 21.0. The van der Waals surface area contributed by atoms with Crippen molar-refractivity contribution in [2.75, 3.05) is 30.3 Å². The third kappa shape index (κ3) is 4.84. The summed E-state index contributed by atoms with van der Waals surface area (Å²) in [5.41, 5.74) is 12.5. The predicted octanol–water partition coefficient (Wildman–Crippen LogP) is 3.92. The van der Waals surface area contributed by atoms with E-state index in [1.165, 1.54) is 11.3 Å². The number of rotatable bonds is 6. The lowest BCUT2D eigenvalue weighted by molar-refractivity contribution is -0.123. The fourth-order valence-electron chi connectivity index (χ4n) is 4.01. The molecule has 0 aromatic heterocycles. The van der Waals surface area contributed by atoms with E-state index in [-0.39, 0.29) is 18.6 Å². The van der Waals surface area contributed by atoms with Crippen LogP contribution in [0.15, 0.2) is 30.3 Å². The SMILES string of the molecule is CCc1ccccc1N1CCC(NC(=O)COc2cc(C)c(N)c(C)c2C)CC1. The molecular formula is C24H33N3O2. The van der Waals surface area contributed by atoms with E-state index < -0.39 is 0 Å². The summed E-state index contributed by atoms with van der Waals surface area (Å²) in [4.78, 5) is 14.8. The Balaban J connectivity index is 1.50. The van der Waals surface area contributed by atoms with E-state index in [0.29, 0.717) is 0 Å². The molecule has 5 nitrogen and oxygen atoms in total. The summed E-state index contributed by atoms with van der Waals surface area (Å²) in [5, 5.41) is 3.13. The molecule has 1 amide bonds. The summed E-state index contributed by atoms with van der Waals surface area (Å²) in [6.45, 7) is 10.0.